The van der Waals surface area contributed by atoms with Crippen LogP contribution >= 0.6 is 34.4 Å². The van der Waals surface area contributed by atoms with E-state index >= 15 is 0 Å². The maximum atomic E-state index is 13.1. The Labute approximate surface area is 261 Å². The number of carbonyl (C=O) groups is 4. The van der Waals surface area contributed by atoms with Crippen molar-refractivity contribution in [1.29, 1.82) is 0 Å². The van der Waals surface area contributed by atoms with Crippen molar-refractivity contribution in [2.75, 3.05) is 32.1 Å². The molecule has 9 nitrogen and oxygen atoms in total. The fourth-order valence-corrected chi connectivity index (χ4v) is 6.29. The number of aryl methyl sites for hydroxylation is 1. The van der Waals surface area contributed by atoms with Crippen molar-refractivity contribution in [1.82, 2.24) is 9.80 Å². The number of hydrogen-bond acceptors (Lipinski definition) is 7. The van der Waals surface area contributed by atoms with E-state index in [4.69, 9.17) is 9.47 Å². The van der Waals surface area contributed by atoms with Crippen LogP contribution in [0.3, 0.4) is 0 Å². The molecule has 2 heterocycles. The Morgan fingerprint density at radius 3 is 2.55 bits per heavy atom. The summed E-state index contributed by atoms with van der Waals surface area (Å²) in [5.74, 6) is -0.347. The molecule has 1 fully saturated rings. The summed E-state index contributed by atoms with van der Waals surface area (Å²) >= 11 is 2.86. The SMILES string of the molecule is COc1cc(/C=C2\SC(=O)N(CC(=O)N3CCc4ccccc4C3)C2=O)cc(I)c1OCC(=O)Nc1ccc(C)cc1. The molecular weight excluding hydrogens is 669 g/mol. The number of nitrogens with zero attached hydrogens (tertiary/aromatic N) is 2. The van der Waals surface area contributed by atoms with Gasteiger partial charge in [0.25, 0.3) is 17.1 Å². The first-order valence-corrected chi connectivity index (χ1v) is 15.1. The van der Waals surface area contributed by atoms with Crippen LogP contribution in [0.2, 0.25) is 0 Å². The third-order valence-corrected chi connectivity index (χ3v) is 8.59. The minimum Gasteiger partial charge on any atom is -0.493 e. The van der Waals surface area contributed by atoms with Gasteiger partial charge in [-0.3, -0.25) is 24.1 Å². The number of benzene rings is 3. The summed E-state index contributed by atoms with van der Waals surface area (Å²) in [4.78, 5) is 54.1. The molecule has 3 aromatic rings. The average Bonchev–Trinajstić information content (AvgIpc) is 3.24. The van der Waals surface area contributed by atoms with Gasteiger partial charge in [0.1, 0.15) is 6.54 Å². The Kier molecular flexibility index (Phi) is 9.17. The lowest BCUT2D eigenvalue weighted by Crippen LogP contribution is -2.44. The smallest absolute Gasteiger partial charge is 0.294 e. The van der Waals surface area contributed by atoms with Crippen LogP contribution in [-0.2, 0) is 27.3 Å². The number of ether oxygens (including phenoxy) is 2. The van der Waals surface area contributed by atoms with Crippen molar-refractivity contribution in [3.05, 3.63) is 91.4 Å². The van der Waals surface area contributed by atoms with E-state index in [1.165, 1.54) is 12.7 Å². The van der Waals surface area contributed by atoms with Crippen molar-refractivity contribution in [2.45, 2.75) is 19.9 Å². The second kappa shape index (κ2) is 13.0. The fraction of sp³-hybridized carbons (Fsp3) is 0.226. The highest BCUT2D eigenvalue weighted by Crippen LogP contribution is 2.37. The van der Waals surface area contributed by atoms with Gasteiger partial charge in [-0.15, -0.1) is 0 Å². The fourth-order valence-electron chi connectivity index (χ4n) is 4.67. The number of carbonyl (C=O) groups excluding carboxylic acids is 4. The van der Waals surface area contributed by atoms with E-state index in [-0.39, 0.29) is 29.9 Å². The molecule has 0 atom stereocenters. The van der Waals surface area contributed by atoms with Crippen LogP contribution in [0.4, 0.5) is 10.5 Å². The van der Waals surface area contributed by atoms with Crippen molar-refractivity contribution in [3.63, 3.8) is 0 Å². The van der Waals surface area contributed by atoms with Gasteiger partial charge in [-0.25, -0.2) is 0 Å². The van der Waals surface area contributed by atoms with Gasteiger partial charge in [0, 0.05) is 18.8 Å². The van der Waals surface area contributed by atoms with Gasteiger partial charge in [-0.1, -0.05) is 42.0 Å². The Balaban J connectivity index is 1.23. The molecule has 0 bridgehead atoms. The lowest BCUT2D eigenvalue weighted by molar-refractivity contribution is -0.136. The molecular formula is C31H28IN3O6S. The zero-order chi connectivity index (χ0) is 29.8. The standard InChI is InChI=1S/C31H28IN3O6S/c1-19-7-9-23(10-8-19)33-27(36)18-41-29-24(32)13-20(14-25(29)40-2)15-26-30(38)35(31(39)42-26)17-28(37)34-12-11-21-5-3-4-6-22(21)16-34/h3-10,13-15H,11-12,16-18H2,1-2H3,(H,33,36)/b26-15-. The van der Waals surface area contributed by atoms with Gasteiger partial charge in [-0.05, 0) is 94.7 Å². The van der Waals surface area contributed by atoms with E-state index in [1.54, 1.807) is 23.1 Å². The molecule has 0 aliphatic carbocycles. The minimum atomic E-state index is -0.516. The maximum absolute atomic E-state index is 13.1. The lowest BCUT2D eigenvalue weighted by Gasteiger charge is -2.29. The number of hydrogen-bond donors (Lipinski definition) is 1. The lowest BCUT2D eigenvalue weighted by atomic mass is 10.00. The van der Waals surface area contributed by atoms with Gasteiger partial charge in [0.2, 0.25) is 5.91 Å². The third-order valence-electron chi connectivity index (χ3n) is 6.88. The topological polar surface area (TPSA) is 105 Å². The summed E-state index contributed by atoms with van der Waals surface area (Å²) in [6.45, 7) is 2.44. The number of halogens is 1. The van der Waals surface area contributed by atoms with Crippen molar-refractivity contribution >= 4 is 69.1 Å². The van der Waals surface area contributed by atoms with Crippen LogP contribution in [0.1, 0.15) is 22.3 Å². The van der Waals surface area contributed by atoms with Gasteiger partial charge in [0.15, 0.2) is 18.1 Å². The van der Waals surface area contributed by atoms with Crippen LogP contribution < -0.4 is 14.8 Å². The Bertz CT molecular complexity index is 1590. The first-order valence-electron chi connectivity index (χ1n) is 13.2. The molecule has 0 aromatic heterocycles. The molecule has 4 amide bonds. The minimum absolute atomic E-state index is 0.209. The van der Waals surface area contributed by atoms with Crippen LogP contribution in [0, 0.1) is 10.5 Å². The third kappa shape index (κ3) is 6.79. The van der Waals surface area contributed by atoms with Crippen molar-refractivity contribution in [2.24, 2.45) is 0 Å². The quantitative estimate of drug-likeness (QED) is 0.254. The Hall–Kier alpha value is -3.84. The number of thioether (sulfide) groups is 1. The van der Waals surface area contributed by atoms with Crippen LogP contribution in [-0.4, -0.2) is 59.6 Å². The number of amides is 4. The highest BCUT2D eigenvalue weighted by molar-refractivity contribution is 14.1. The van der Waals surface area contributed by atoms with Gasteiger partial charge in [0.05, 0.1) is 15.6 Å². The van der Waals surface area contributed by atoms with E-state index in [9.17, 15) is 19.2 Å². The van der Waals surface area contributed by atoms with Crippen LogP contribution in [0.15, 0.2) is 65.6 Å². The summed E-state index contributed by atoms with van der Waals surface area (Å²) in [6.07, 6.45) is 2.33. The van der Waals surface area contributed by atoms with E-state index in [0.29, 0.717) is 39.4 Å². The van der Waals surface area contributed by atoms with E-state index < -0.39 is 11.1 Å². The number of imide groups is 1. The monoisotopic (exact) mass is 697 g/mol. The number of fused-ring (bicyclic) bond motifs is 1. The molecule has 5 rings (SSSR count). The maximum Gasteiger partial charge on any atom is 0.294 e. The Morgan fingerprint density at radius 2 is 1.81 bits per heavy atom. The predicted octanol–water partition coefficient (Wildman–Crippen LogP) is 5.25. The molecule has 216 valence electrons. The summed E-state index contributed by atoms with van der Waals surface area (Å²) < 4.78 is 11.9. The van der Waals surface area contributed by atoms with Gasteiger partial charge < -0.3 is 19.7 Å². The summed E-state index contributed by atoms with van der Waals surface area (Å²) in [6, 6.07) is 18.8. The summed E-state index contributed by atoms with van der Waals surface area (Å²) in [7, 11) is 1.48. The summed E-state index contributed by atoms with van der Waals surface area (Å²) in [5.41, 5.74) is 4.66. The molecule has 0 saturated carbocycles. The average molecular weight is 698 g/mol. The molecule has 0 unspecified atom stereocenters. The second-order valence-corrected chi connectivity index (χ2v) is 12.0. The highest BCUT2D eigenvalue weighted by atomic mass is 127. The molecule has 3 aromatic carbocycles. The van der Waals surface area contributed by atoms with E-state index in [1.807, 2.05) is 49.4 Å². The van der Waals surface area contributed by atoms with Gasteiger partial charge in [-0.2, -0.15) is 0 Å². The largest absolute Gasteiger partial charge is 0.493 e. The van der Waals surface area contributed by atoms with E-state index in [0.717, 1.165) is 34.2 Å². The predicted molar refractivity (Wildman–Crippen MR) is 169 cm³/mol. The Morgan fingerprint density at radius 1 is 1.07 bits per heavy atom. The first kappa shape index (κ1) is 29.6. The molecule has 1 saturated heterocycles. The normalized spacial score (nSPS) is 15.5. The number of rotatable bonds is 8. The molecule has 1 N–H and O–H groups in total. The molecule has 2 aliphatic heterocycles. The number of methoxy groups -OCH3 is 1. The first-order chi connectivity index (χ1) is 20.2. The second-order valence-electron chi connectivity index (χ2n) is 9.84. The van der Waals surface area contributed by atoms with Crippen molar-refractivity contribution in [3.8, 4) is 11.5 Å². The van der Waals surface area contributed by atoms with Crippen molar-refractivity contribution < 1.29 is 28.7 Å². The molecule has 11 heteroatoms. The zero-order valence-corrected chi connectivity index (χ0v) is 26.0. The van der Waals surface area contributed by atoms with E-state index in [2.05, 4.69) is 34.0 Å². The molecule has 42 heavy (non-hydrogen) atoms. The highest BCUT2D eigenvalue weighted by Gasteiger charge is 2.37. The summed E-state index contributed by atoms with van der Waals surface area (Å²) in [5, 5.41) is 2.30. The molecule has 2 aliphatic rings. The van der Waals surface area contributed by atoms with Crippen LogP contribution in [0.5, 0.6) is 11.5 Å². The number of nitrogens with one attached hydrogen (secondary N) is 1. The van der Waals surface area contributed by atoms with Crippen LogP contribution in [0.25, 0.3) is 6.08 Å². The molecule has 0 spiro atoms. The zero-order valence-electron chi connectivity index (χ0n) is 23.0. The number of anilines is 1. The van der Waals surface area contributed by atoms with Gasteiger partial charge >= 0.3 is 0 Å². The molecule has 0 radical (unpaired) electrons.